The van der Waals surface area contributed by atoms with Gasteiger partial charge in [0.05, 0.1) is 23.2 Å². The summed E-state index contributed by atoms with van der Waals surface area (Å²) in [4.78, 5) is 28.0. The SMILES string of the molecule is C[C@@H]1C(O)C(C#N)=C[C@]2(C)C3=CC(=O)C4C5CC(C)(C)CC[C@]5(C(=O)NCC(F)(F)F)CC[C@@]4(C)[C@]3(C)CC[C@@H]12. The van der Waals surface area contributed by atoms with E-state index in [-0.39, 0.29) is 29.0 Å². The second-order valence-electron chi connectivity index (χ2n) is 15.1. The Morgan fingerprint density at radius 2 is 1.75 bits per heavy atom. The van der Waals surface area contributed by atoms with Crippen molar-refractivity contribution in [2.24, 2.45) is 50.7 Å². The topological polar surface area (TPSA) is 90.2 Å². The van der Waals surface area contributed by atoms with Crippen molar-refractivity contribution >= 4 is 11.7 Å². The van der Waals surface area contributed by atoms with E-state index >= 15 is 0 Å². The maximum absolute atomic E-state index is 14.4. The molecule has 5 aliphatic carbocycles. The molecule has 0 aromatic heterocycles. The fraction of sp³-hybridized carbons (Fsp3) is 0.781. The first-order valence-corrected chi connectivity index (χ1v) is 14.8. The summed E-state index contributed by atoms with van der Waals surface area (Å²) in [5.74, 6) is -1.49. The zero-order valence-corrected chi connectivity index (χ0v) is 24.5. The Labute approximate surface area is 235 Å². The standard InChI is InChI=1S/C32H43F3N2O3/c1-18-20-7-8-29(5)23(28(20,4)14-19(16-36)25(18)39)13-22(38)24-21-15-27(2,3)9-11-31(21,12-10-30(24,29)6)26(40)37-17-32(33,34)35/h13-14,18,20-21,24-25,39H,7-12,15,17H2,1-6H3,(H,37,40)/t18-,20-,21?,24?,25?,28-,29+,30+,31-/m0/s1. The summed E-state index contributed by atoms with van der Waals surface area (Å²) in [5.41, 5.74) is -1.24. The lowest BCUT2D eigenvalue weighted by Gasteiger charge is -2.68. The Bertz CT molecular complexity index is 1230. The van der Waals surface area contributed by atoms with Crippen LogP contribution >= 0.6 is 0 Å². The largest absolute Gasteiger partial charge is 0.405 e. The maximum atomic E-state index is 14.4. The number of alkyl halides is 3. The van der Waals surface area contributed by atoms with Crippen molar-refractivity contribution in [1.82, 2.24) is 5.32 Å². The summed E-state index contributed by atoms with van der Waals surface area (Å²) in [6.45, 7) is 11.4. The number of rotatable bonds is 2. The van der Waals surface area contributed by atoms with Gasteiger partial charge in [0.1, 0.15) is 6.54 Å². The average molecular weight is 561 g/mol. The highest BCUT2D eigenvalue weighted by atomic mass is 19.4. The first-order valence-electron chi connectivity index (χ1n) is 14.8. The molecule has 2 N–H and O–H groups in total. The van der Waals surface area contributed by atoms with Gasteiger partial charge in [0.25, 0.3) is 0 Å². The molecule has 0 aliphatic heterocycles. The first kappa shape index (κ1) is 29.4. The number of carbonyl (C=O) groups is 2. The number of hydrogen-bond donors (Lipinski definition) is 2. The fourth-order valence-corrected chi connectivity index (χ4v) is 10.2. The van der Waals surface area contributed by atoms with Crippen LogP contribution in [-0.2, 0) is 9.59 Å². The van der Waals surface area contributed by atoms with E-state index in [1.165, 1.54) is 0 Å². The van der Waals surface area contributed by atoms with Crippen molar-refractivity contribution in [3.8, 4) is 6.07 Å². The summed E-state index contributed by atoms with van der Waals surface area (Å²) in [7, 11) is 0. The van der Waals surface area contributed by atoms with Crippen molar-refractivity contribution in [2.45, 2.75) is 98.8 Å². The van der Waals surface area contributed by atoms with Gasteiger partial charge in [-0.3, -0.25) is 9.59 Å². The number of aliphatic hydroxyl groups is 1. The lowest BCUT2D eigenvalue weighted by molar-refractivity contribution is -0.180. The molecule has 8 heteroatoms. The minimum atomic E-state index is -4.50. The zero-order chi connectivity index (χ0) is 29.7. The number of nitrogens with zero attached hydrogens (tertiary/aromatic N) is 1. The number of ketones is 1. The summed E-state index contributed by atoms with van der Waals surface area (Å²) in [6.07, 6.45) is 2.83. The third-order valence-electron chi connectivity index (χ3n) is 12.6. The van der Waals surface area contributed by atoms with Gasteiger partial charge in [-0.2, -0.15) is 18.4 Å². The van der Waals surface area contributed by atoms with Gasteiger partial charge < -0.3 is 10.4 Å². The third kappa shape index (κ3) is 3.96. The van der Waals surface area contributed by atoms with Crippen LogP contribution in [0.4, 0.5) is 13.2 Å². The van der Waals surface area contributed by atoms with Gasteiger partial charge in [0.15, 0.2) is 5.78 Å². The second kappa shape index (κ2) is 8.93. The van der Waals surface area contributed by atoms with E-state index in [9.17, 15) is 33.1 Å². The van der Waals surface area contributed by atoms with Gasteiger partial charge in [0, 0.05) is 11.3 Å². The van der Waals surface area contributed by atoms with Crippen LogP contribution in [-0.4, -0.2) is 35.6 Å². The molecule has 3 unspecified atom stereocenters. The molecule has 40 heavy (non-hydrogen) atoms. The van der Waals surface area contributed by atoms with Crippen LogP contribution < -0.4 is 5.32 Å². The summed E-state index contributed by atoms with van der Waals surface area (Å²) in [5, 5.41) is 22.8. The Morgan fingerprint density at radius 3 is 2.38 bits per heavy atom. The summed E-state index contributed by atoms with van der Waals surface area (Å²) < 4.78 is 39.3. The number of aliphatic hydroxyl groups excluding tert-OH is 1. The van der Waals surface area contributed by atoms with Crippen LogP contribution in [0.5, 0.6) is 0 Å². The van der Waals surface area contributed by atoms with Crippen molar-refractivity contribution in [3.63, 3.8) is 0 Å². The van der Waals surface area contributed by atoms with Crippen LogP contribution in [0.3, 0.4) is 0 Å². The smallest absolute Gasteiger partial charge is 0.387 e. The van der Waals surface area contributed by atoms with Gasteiger partial charge in [-0.15, -0.1) is 0 Å². The van der Waals surface area contributed by atoms with Gasteiger partial charge in [0.2, 0.25) is 5.91 Å². The van der Waals surface area contributed by atoms with E-state index in [1.807, 2.05) is 13.0 Å². The van der Waals surface area contributed by atoms with Gasteiger partial charge in [-0.25, -0.2) is 0 Å². The average Bonchev–Trinajstić information content (AvgIpc) is 2.85. The molecule has 0 aromatic rings. The molecule has 3 fully saturated rings. The maximum Gasteiger partial charge on any atom is 0.405 e. The summed E-state index contributed by atoms with van der Waals surface area (Å²) >= 11 is 0. The summed E-state index contributed by atoms with van der Waals surface area (Å²) in [6, 6.07) is 2.19. The molecule has 0 spiro atoms. The lowest BCUT2D eigenvalue weighted by Crippen LogP contribution is -2.66. The number of nitrogens with one attached hydrogen (secondary N) is 1. The van der Waals surface area contributed by atoms with Crippen LogP contribution in [0, 0.1) is 62.1 Å². The van der Waals surface area contributed by atoms with Crippen molar-refractivity contribution < 1.29 is 27.9 Å². The quantitative estimate of drug-likeness (QED) is 0.416. The number of allylic oxidation sites excluding steroid dienone is 3. The van der Waals surface area contributed by atoms with Crippen molar-refractivity contribution in [1.29, 1.82) is 5.26 Å². The molecule has 220 valence electrons. The molecule has 9 atom stereocenters. The highest BCUT2D eigenvalue weighted by Crippen LogP contribution is 2.74. The fourth-order valence-electron chi connectivity index (χ4n) is 10.2. The Hall–Kier alpha value is -2.14. The van der Waals surface area contributed by atoms with Crippen molar-refractivity contribution in [2.75, 3.05) is 6.54 Å². The van der Waals surface area contributed by atoms with Gasteiger partial charge in [-0.1, -0.05) is 53.2 Å². The zero-order valence-electron chi connectivity index (χ0n) is 24.5. The van der Waals surface area contributed by atoms with Crippen LogP contribution in [0.2, 0.25) is 0 Å². The molecule has 1 amide bonds. The van der Waals surface area contributed by atoms with Crippen molar-refractivity contribution in [3.05, 3.63) is 23.3 Å². The highest BCUT2D eigenvalue weighted by molar-refractivity contribution is 5.96. The van der Waals surface area contributed by atoms with E-state index in [4.69, 9.17) is 0 Å². The molecule has 0 heterocycles. The number of halogens is 3. The number of fused-ring (bicyclic) bond motifs is 7. The first-order chi connectivity index (χ1) is 18.4. The molecule has 5 nitrogen and oxygen atoms in total. The molecular weight excluding hydrogens is 517 g/mol. The Kier molecular flexibility index (Phi) is 6.55. The van der Waals surface area contributed by atoms with Crippen LogP contribution in [0.1, 0.15) is 86.5 Å². The number of carbonyl (C=O) groups excluding carboxylic acids is 2. The molecule has 0 bridgehead atoms. The highest BCUT2D eigenvalue weighted by Gasteiger charge is 2.70. The van der Waals surface area contributed by atoms with E-state index in [2.05, 4.69) is 46.0 Å². The number of amides is 1. The monoisotopic (exact) mass is 560 g/mol. The predicted octanol–water partition coefficient (Wildman–Crippen LogP) is 6.29. The van der Waals surface area contributed by atoms with E-state index in [0.29, 0.717) is 31.3 Å². The predicted molar refractivity (Wildman–Crippen MR) is 144 cm³/mol. The molecule has 0 saturated heterocycles. The van der Waals surface area contributed by atoms with E-state index in [1.54, 1.807) is 6.08 Å². The second-order valence-corrected chi connectivity index (χ2v) is 15.1. The van der Waals surface area contributed by atoms with Crippen LogP contribution in [0.15, 0.2) is 23.3 Å². The van der Waals surface area contributed by atoms with Gasteiger partial charge >= 0.3 is 6.18 Å². The number of hydrogen-bond acceptors (Lipinski definition) is 4. The number of nitriles is 1. The van der Waals surface area contributed by atoms with Gasteiger partial charge in [-0.05, 0) is 85.0 Å². The molecule has 5 aliphatic rings. The Morgan fingerprint density at radius 1 is 1.10 bits per heavy atom. The Balaban J connectivity index is 1.63. The molecule has 0 aromatic carbocycles. The lowest BCUT2D eigenvalue weighted by atomic mass is 9.34. The third-order valence-corrected chi connectivity index (χ3v) is 12.6. The van der Waals surface area contributed by atoms with E-state index < -0.39 is 52.3 Å². The van der Waals surface area contributed by atoms with Crippen LogP contribution in [0.25, 0.3) is 0 Å². The minimum absolute atomic E-state index is 0.0436. The molecule has 0 radical (unpaired) electrons. The molecular formula is C32H43F3N2O3. The minimum Gasteiger partial charge on any atom is -0.387 e. The normalized spacial score (nSPS) is 45.9. The van der Waals surface area contributed by atoms with E-state index in [0.717, 1.165) is 24.8 Å². The molecule has 3 saturated carbocycles. The molecule has 5 rings (SSSR count).